The molecule has 0 aliphatic carbocycles. The van der Waals surface area contributed by atoms with E-state index in [0.717, 1.165) is 35.3 Å². The van der Waals surface area contributed by atoms with E-state index in [1.165, 1.54) is 0 Å². The van der Waals surface area contributed by atoms with Crippen LogP contribution in [0.4, 0.5) is 16.2 Å². The van der Waals surface area contributed by atoms with Crippen LogP contribution >= 0.6 is 0 Å². The van der Waals surface area contributed by atoms with Gasteiger partial charge in [-0.1, -0.05) is 52.0 Å². The minimum absolute atomic E-state index is 0.0159. The Hall–Kier alpha value is -2.37. The third-order valence-corrected chi connectivity index (χ3v) is 5.18. The van der Waals surface area contributed by atoms with Crippen molar-refractivity contribution in [1.29, 1.82) is 0 Å². The number of aliphatic hydroxyl groups excluding tert-OH is 2. The Balaban J connectivity index is 2.37. The van der Waals surface area contributed by atoms with Crippen LogP contribution in [0.15, 0.2) is 48.5 Å². The molecule has 0 heterocycles. The Labute approximate surface area is 181 Å². The van der Waals surface area contributed by atoms with Gasteiger partial charge in [0.05, 0.1) is 13.2 Å². The van der Waals surface area contributed by atoms with Crippen LogP contribution in [0.1, 0.15) is 51.7 Å². The molecular weight excluding hydrogens is 376 g/mol. The van der Waals surface area contributed by atoms with Gasteiger partial charge in [0.2, 0.25) is 0 Å². The summed E-state index contributed by atoms with van der Waals surface area (Å²) in [5.41, 5.74) is 3.32. The SMILES string of the molecule is CC(C)CCN(C(=O)N(CCC(C)C)c1ccc(CO)cc1)c1ccc(CO)cc1. The van der Waals surface area contributed by atoms with Crippen molar-refractivity contribution in [2.45, 2.75) is 53.8 Å². The van der Waals surface area contributed by atoms with E-state index in [-0.39, 0.29) is 19.2 Å². The first-order chi connectivity index (χ1) is 14.3. The number of urea groups is 1. The van der Waals surface area contributed by atoms with Crippen molar-refractivity contribution in [3.63, 3.8) is 0 Å². The topological polar surface area (TPSA) is 64.0 Å². The van der Waals surface area contributed by atoms with Crippen molar-refractivity contribution in [3.05, 3.63) is 59.7 Å². The van der Waals surface area contributed by atoms with Gasteiger partial charge < -0.3 is 10.2 Å². The average Bonchev–Trinajstić information content (AvgIpc) is 2.74. The third kappa shape index (κ3) is 6.85. The summed E-state index contributed by atoms with van der Waals surface area (Å²) in [5, 5.41) is 18.7. The summed E-state index contributed by atoms with van der Waals surface area (Å²) >= 11 is 0. The van der Waals surface area contributed by atoms with Crippen LogP contribution in [0.2, 0.25) is 0 Å². The zero-order chi connectivity index (χ0) is 22.1. The number of nitrogens with zero attached hydrogens (tertiary/aromatic N) is 2. The molecule has 0 aliphatic heterocycles. The molecule has 2 amide bonds. The van der Waals surface area contributed by atoms with Gasteiger partial charge in [-0.15, -0.1) is 0 Å². The smallest absolute Gasteiger partial charge is 0.328 e. The lowest BCUT2D eigenvalue weighted by atomic mass is 10.1. The number of carbonyl (C=O) groups is 1. The Kier molecular flexibility index (Phi) is 9.34. The van der Waals surface area contributed by atoms with Crippen molar-refractivity contribution < 1.29 is 15.0 Å². The van der Waals surface area contributed by atoms with Crippen LogP contribution in [0.5, 0.6) is 0 Å². The van der Waals surface area contributed by atoms with Crippen LogP contribution in [-0.4, -0.2) is 29.3 Å². The van der Waals surface area contributed by atoms with Crippen molar-refractivity contribution >= 4 is 17.4 Å². The lowest BCUT2D eigenvalue weighted by Crippen LogP contribution is -2.45. The molecule has 0 unspecified atom stereocenters. The standard InChI is InChI=1S/C25H36N2O3/c1-19(2)13-15-26(23-9-5-21(17-28)6-10-23)25(30)27(16-14-20(3)4)24-11-7-22(18-29)8-12-24/h5-12,19-20,28-29H,13-18H2,1-4H3. The van der Waals surface area contributed by atoms with Gasteiger partial charge in [-0.05, 0) is 60.1 Å². The second-order valence-corrected chi connectivity index (χ2v) is 8.60. The molecule has 0 radical (unpaired) electrons. The molecule has 0 aromatic heterocycles. The molecule has 5 nitrogen and oxygen atoms in total. The van der Waals surface area contributed by atoms with E-state index < -0.39 is 0 Å². The van der Waals surface area contributed by atoms with Gasteiger partial charge in [-0.2, -0.15) is 0 Å². The first-order valence-electron chi connectivity index (χ1n) is 10.8. The van der Waals surface area contributed by atoms with Crippen molar-refractivity contribution in [2.24, 2.45) is 11.8 Å². The van der Waals surface area contributed by atoms with Crippen molar-refractivity contribution in [3.8, 4) is 0 Å². The molecule has 2 N–H and O–H groups in total. The summed E-state index contributed by atoms with van der Waals surface area (Å²) in [6, 6.07) is 15.0. The lowest BCUT2D eigenvalue weighted by molar-refractivity contribution is 0.250. The molecule has 0 bridgehead atoms. The maximum atomic E-state index is 13.7. The lowest BCUT2D eigenvalue weighted by Gasteiger charge is -2.32. The number of aliphatic hydroxyl groups is 2. The molecule has 0 atom stereocenters. The highest BCUT2D eigenvalue weighted by atomic mass is 16.3. The van der Waals surface area contributed by atoms with Crippen LogP contribution in [0.25, 0.3) is 0 Å². The molecule has 2 aromatic rings. The Morgan fingerprint density at radius 2 is 1.03 bits per heavy atom. The maximum absolute atomic E-state index is 13.7. The van der Waals surface area contributed by atoms with Crippen molar-refractivity contribution in [2.75, 3.05) is 22.9 Å². The zero-order valence-electron chi connectivity index (χ0n) is 18.7. The van der Waals surface area contributed by atoms with E-state index in [1.807, 2.05) is 58.3 Å². The number of hydrogen-bond donors (Lipinski definition) is 2. The van der Waals surface area contributed by atoms with E-state index in [0.29, 0.717) is 24.9 Å². The maximum Gasteiger partial charge on any atom is 0.328 e. The molecule has 0 saturated carbocycles. The fraction of sp³-hybridized carbons (Fsp3) is 0.480. The van der Waals surface area contributed by atoms with E-state index >= 15 is 0 Å². The third-order valence-electron chi connectivity index (χ3n) is 5.18. The summed E-state index contributed by atoms with van der Waals surface area (Å²) in [5.74, 6) is 0.954. The predicted octanol–water partition coefficient (Wildman–Crippen LogP) is 5.20. The Morgan fingerprint density at radius 1 is 0.700 bits per heavy atom. The van der Waals surface area contributed by atoms with Crippen molar-refractivity contribution in [1.82, 2.24) is 0 Å². The zero-order valence-corrected chi connectivity index (χ0v) is 18.7. The van der Waals surface area contributed by atoms with Gasteiger partial charge in [-0.25, -0.2) is 4.79 Å². The molecule has 0 saturated heterocycles. The second-order valence-electron chi connectivity index (χ2n) is 8.60. The number of anilines is 2. The van der Waals surface area contributed by atoms with Gasteiger partial charge in [0.15, 0.2) is 0 Å². The van der Waals surface area contributed by atoms with Gasteiger partial charge in [-0.3, -0.25) is 9.80 Å². The predicted molar refractivity (Wildman–Crippen MR) is 124 cm³/mol. The van der Waals surface area contributed by atoms with E-state index in [1.54, 1.807) is 0 Å². The summed E-state index contributed by atoms with van der Waals surface area (Å²) < 4.78 is 0. The highest BCUT2D eigenvalue weighted by Gasteiger charge is 2.24. The normalized spacial score (nSPS) is 11.2. The summed E-state index contributed by atoms with van der Waals surface area (Å²) in [7, 11) is 0. The first-order valence-corrected chi connectivity index (χ1v) is 10.8. The fourth-order valence-electron chi connectivity index (χ4n) is 3.15. The summed E-state index contributed by atoms with van der Waals surface area (Å²) in [6.07, 6.45) is 1.80. The summed E-state index contributed by atoms with van der Waals surface area (Å²) in [4.78, 5) is 17.4. The van der Waals surface area contributed by atoms with E-state index in [9.17, 15) is 15.0 Å². The van der Waals surface area contributed by atoms with E-state index in [4.69, 9.17) is 0 Å². The quantitative estimate of drug-likeness (QED) is 0.564. The van der Waals surface area contributed by atoms with Gasteiger partial charge >= 0.3 is 6.03 Å². The number of carbonyl (C=O) groups excluding carboxylic acids is 1. The molecule has 0 fully saturated rings. The monoisotopic (exact) mass is 412 g/mol. The van der Waals surface area contributed by atoms with Crippen LogP contribution in [0.3, 0.4) is 0 Å². The average molecular weight is 413 g/mol. The molecule has 0 spiro atoms. The summed E-state index contributed by atoms with van der Waals surface area (Å²) in [6.45, 7) is 9.84. The Morgan fingerprint density at radius 3 is 1.30 bits per heavy atom. The first kappa shape index (κ1) is 23.9. The number of rotatable bonds is 10. The molecule has 0 aliphatic rings. The highest BCUT2D eigenvalue weighted by molar-refractivity contribution is 6.03. The van der Waals surface area contributed by atoms with E-state index in [2.05, 4.69) is 27.7 Å². The molecule has 2 aromatic carbocycles. The Bertz CT molecular complexity index is 704. The van der Waals surface area contributed by atoms with Gasteiger partial charge in [0.1, 0.15) is 0 Å². The molecular formula is C25H36N2O3. The molecule has 5 heteroatoms. The second kappa shape index (κ2) is 11.7. The van der Waals surface area contributed by atoms with Crippen LogP contribution in [0, 0.1) is 11.8 Å². The molecule has 2 rings (SSSR count). The molecule has 164 valence electrons. The number of amides is 2. The van der Waals surface area contributed by atoms with Crippen LogP contribution < -0.4 is 9.80 Å². The largest absolute Gasteiger partial charge is 0.392 e. The fourth-order valence-corrected chi connectivity index (χ4v) is 3.15. The number of hydrogen-bond acceptors (Lipinski definition) is 3. The van der Waals surface area contributed by atoms with Crippen LogP contribution in [-0.2, 0) is 13.2 Å². The molecule has 30 heavy (non-hydrogen) atoms. The minimum Gasteiger partial charge on any atom is -0.392 e. The minimum atomic E-state index is -0.0511. The van der Waals surface area contributed by atoms with Gasteiger partial charge in [0, 0.05) is 24.5 Å². The highest BCUT2D eigenvalue weighted by Crippen LogP contribution is 2.24. The number of benzene rings is 2. The van der Waals surface area contributed by atoms with Gasteiger partial charge in [0.25, 0.3) is 0 Å².